The number of aliphatic hydroxyl groups is 1. The van der Waals surface area contributed by atoms with Gasteiger partial charge in [0.05, 0.1) is 5.97 Å². The highest BCUT2D eigenvalue weighted by molar-refractivity contribution is 5.66. The number of aliphatic hydroxyl groups excluding tert-OH is 1. The van der Waals surface area contributed by atoms with Crippen molar-refractivity contribution in [3.63, 3.8) is 0 Å². The minimum Gasteiger partial charge on any atom is -0.546 e. The molecule has 14 heavy (non-hydrogen) atoms. The summed E-state index contributed by atoms with van der Waals surface area (Å²) in [5, 5.41) is 18.8. The lowest BCUT2D eigenvalue weighted by Gasteiger charge is -2.07. The van der Waals surface area contributed by atoms with Crippen LogP contribution < -0.4 is 9.84 Å². The molecule has 0 fully saturated rings. The van der Waals surface area contributed by atoms with E-state index < -0.39 is 12.6 Å². The number of rotatable bonds is 5. The monoisotopic (exact) mass is 195 g/mol. The third kappa shape index (κ3) is 3.45. The summed E-state index contributed by atoms with van der Waals surface area (Å²) in [5.74, 6) is -0.780. The van der Waals surface area contributed by atoms with E-state index in [9.17, 15) is 9.90 Å². The molecule has 0 spiro atoms. The molecule has 1 N–H and O–H groups in total. The zero-order chi connectivity index (χ0) is 10.4. The van der Waals surface area contributed by atoms with Crippen LogP contribution >= 0.6 is 0 Å². The Kier molecular flexibility index (Phi) is 3.94. The Morgan fingerprint density at radius 1 is 1.50 bits per heavy atom. The van der Waals surface area contributed by atoms with E-state index in [0.717, 1.165) is 5.56 Å². The standard InChI is InChI=1S/C10H12O4/c11-5-4-8-2-1-3-9(6-8)14-7-10(12)13/h1-3,6,11H,4-5,7H2,(H,12,13)/p-1. The van der Waals surface area contributed by atoms with Crippen LogP contribution in [0.25, 0.3) is 0 Å². The second kappa shape index (κ2) is 5.24. The first-order chi connectivity index (χ1) is 6.72. The van der Waals surface area contributed by atoms with Gasteiger partial charge in [0, 0.05) is 6.61 Å². The highest BCUT2D eigenvalue weighted by atomic mass is 16.5. The zero-order valence-corrected chi connectivity index (χ0v) is 7.60. The Balaban J connectivity index is 2.58. The van der Waals surface area contributed by atoms with Gasteiger partial charge in [0.15, 0.2) is 0 Å². The smallest absolute Gasteiger partial charge is 0.128 e. The number of benzene rings is 1. The Labute approximate surface area is 81.8 Å². The van der Waals surface area contributed by atoms with Crippen molar-refractivity contribution in [3.8, 4) is 5.75 Å². The van der Waals surface area contributed by atoms with Crippen LogP contribution in [-0.2, 0) is 11.2 Å². The number of hydrogen-bond acceptors (Lipinski definition) is 4. The molecule has 0 radical (unpaired) electrons. The molecule has 0 heterocycles. The Morgan fingerprint density at radius 3 is 2.93 bits per heavy atom. The summed E-state index contributed by atoms with van der Waals surface area (Å²) in [4.78, 5) is 10.1. The van der Waals surface area contributed by atoms with Crippen LogP contribution in [0, 0.1) is 0 Å². The van der Waals surface area contributed by atoms with Crippen LogP contribution in [0.3, 0.4) is 0 Å². The molecule has 0 aliphatic heterocycles. The van der Waals surface area contributed by atoms with Crippen molar-refractivity contribution in [2.24, 2.45) is 0 Å². The molecule has 1 aromatic carbocycles. The number of carbonyl (C=O) groups is 1. The summed E-state index contributed by atoms with van der Waals surface area (Å²) in [6, 6.07) is 6.93. The maximum absolute atomic E-state index is 10.1. The maximum atomic E-state index is 10.1. The Morgan fingerprint density at radius 2 is 2.29 bits per heavy atom. The second-order valence-electron chi connectivity index (χ2n) is 2.78. The predicted octanol–water partition coefficient (Wildman–Crippen LogP) is -0.650. The van der Waals surface area contributed by atoms with E-state index in [2.05, 4.69) is 0 Å². The van der Waals surface area contributed by atoms with E-state index in [1.165, 1.54) is 0 Å². The topological polar surface area (TPSA) is 69.6 Å². The fourth-order valence-corrected chi connectivity index (χ4v) is 1.06. The minimum atomic E-state index is -1.25. The van der Waals surface area contributed by atoms with Crippen molar-refractivity contribution in [2.75, 3.05) is 13.2 Å². The van der Waals surface area contributed by atoms with Gasteiger partial charge in [-0.2, -0.15) is 0 Å². The number of carboxylic acid groups (broad SMARTS) is 1. The van der Waals surface area contributed by atoms with Crippen molar-refractivity contribution in [1.29, 1.82) is 0 Å². The molecule has 0 unspecified atom stereocenters. The molecule has 1 rings (SSSR count). The van der Waals surface area contributed by atoms with E-state index in [1.54, 1.807) is 18.2 Å². The van der Waals surface area contributed by atoms with Gasteiger partial charge >= 0.3 is 0 Å². The maximum Gasteiger partial charge on any atom is 0.128 e. The van der Waals surface area contributed by atoms with Crippen molar-refractivity contribution in [2.45, 2.75) is 6.42 Å². The first kappa shape index (κ1) is 10.5. The predicted molar refractivity (Wildman–Crippen MR) is 47.7 cm³/mol. The lowest BCUT2D eigenvalue weighted by molar-refractivity contribution is -0.307. The first-order valence-electron chi connectivity index (χ1n) is 4.25. The fourth-order valence-electron chi connectivity index (χ4n) is 1.06. The van der Waals surface area contributed by atoms with Gasteiger partial charge in [0.1, 0.15) is 12.4 Å². The molecule has 0 aromatic heterocycles. The molecule has 76 valence electrons. The van der Waals surface area contributed by atoms with E-state index >= 15 is 0 Å². The molecule has 0 bridgehead atoms. The third-order valence-corrected chi connectivity index (χ3v) is 1.66. The summed E-state index contributed by atoms with van der Waals surface area (Å²) in [7, 11) is 0. The molecular formula is C10H11O4-. The van der Waals surface area contributed by atoms with Gasteiger partial charge < -0.3 is 19.7 Å². The van der Waals surface area contributed by atoms with Crippen molar-refractivity contribution in [1.82, 2.24) is 0 Å². The quantitative estimate of drug-likeness (QED) is 0.677. The second-order valence-corrected chi connectivity index (χ2v) is 2.78. The van der Waals surface area contributed by atoms with Crippen LogP contribution in [0.2, 0.25) is 0 Å². The molecule has 0 aliphatic rings. The molecule has 0 saturated heterocycles. The van der Waals surface area contributed by atoms with Gasteiger partial charge in [0.25, 0.3) is 0 Å². The number of ether oxygens (including phenoxy) is 1. The zero-order valence-electron chi connectivity index (χ0n) is 7.60. The number of hydrogen-bond donors (Lipinski definition) is 1. The van der Waals surface area contributed by atoms with Crippen LogP contribution in [0.4, 0.5) is 0 Å². The highest BCUT2D eigenvalue weighted by Crippen LogP contribution is 2.13. The molecule has 4 heteroatoms. The lowest BCUT2D eigenvalue weighted by Crippen LogP contribution is -2.28. The average Bonchev–Trinajstić information content (AvgIpc) is 2.16. The molecule has 0 amide bonds. The number of carboxylic acids is 1. The molecular weight excluding hydrogens is 184 g/mol. The molecule has 4 nitrogen and oxygen atoms in total. The minimum absolute atomic E-state index is 0.0595. The van der Waals surface area contributed by atoms with Gasteiger partial charge in [-0.05, 0) is 24.1 Å². The van der Waals surface area contributed by atoms with Gasteiger partial charge in [-0.1, -0.05) is 12.1 Å². The van der Waals surface area contributed by atoms with E-state index in [0.29, 0.717) is 12.2 Å². The average molecular weight is 195 g/mol. The molecule has 1 aromatic rings. The third-order valence-electron chi connectivity index (χ3n) is 1.66. The van der Waals surface area contributed by atoms with Crippen molar-refractivity contribution < 1.29 is 19.7 Å². The van der Waals surface area contributed by atoms with Crippen LogP contribution in [0.15, 0.2) is 24.3 Å². The summed E-state index contributed by atoms with van der Waals surface area (Å²) in [6.45, 7) is -0.396. The normalized spacial score (nSPS) is 9.79. The van der Waals surface area contributed by atoms with Gasteiger partial charge in [-0.3, -0.25) is 0 Å². The molecule has 0 atom stereocenters. The number of aliphatic carboxylic acids is 1. The summed E-state index contributed by atoms with van der Waals surface area (Å²) < 4.78 is 4.91. The highest BCUT2D eigenvalue weighted by Gasteiger charge is 1.96. The van der Waals surface area contributed by atoms with Crippen molar-refractivity contribution in [3.05, 3.63) is 29.8 Å². The summed E-state index contributed by atoms with van der Waals surface area (Å²) in [6.07, 6.45) is 0.530. The fraction of sp³-hybridized carbons (Fsp3) is 0.300. The van der Waals surface area contributed by atoms with Gasteiger partial charge in [0.2, 0.25) is 0 Å². The summed E-state index contributed by atoms with van der Waals surface area (Å²) in [5.41, 5.74) is 0.906. The summed E-state index contributed by atoms with van der Waals surface area (Å²) >= 11 is 0. The van der Waals surface area contributed by atoms with Crippen LogP contribution in [0.1, 0.15) is 5.56 Å². The Bertz CT molecular complexity index is 309. The molecule has 0 saturated carbocycles. The lowest BCUT2D eigenvalue weighted by atomic mass is 10.1. The van der Waals surface area contributed by atoms with Crippen LogP contribution in [-0.4, -0.2) is 24.3 Å². The Hall–Kier alpha value is -1.55. The number of carbonyl (C=O) groups excluding carboxylic acids is 1. The van der Waals surface area contributed by atoms with Crippen LogP contribution in [0.5, 0.6) is 5.75 Å². The molecule has 0 aliphatic carbocycles. The SMILES string of the molecule is O=C([O-])COc1cccc(CCO)c1. The van der Waals surface area contributed by atoms with Crippen molar-refractivity contribution >= 4 is 5.97 Å². The van der Waals surface area contributed by atoms with Gasteiger partial charge in [-0.15, -0.1) is 0 Å². The largest absolute Gasteiger partial charge is 0.546 e. The first-order valence-corrected chi connectivity index (χ1v) is 4.25. The van der Waals surface area contributed by atoms with E-state index in [1.807, 2.05) is 6.07 Å². The van der Waals surface area contributed by atoms with E-state index in [-0.39, 0.29) is 6.61 Å². The van der Waals surface area contributed by atoms with E-state index in [4.69, 9.17) is 9.84 Å². The van der Waals surface area contributed by atoms with Gasteiger partial charge in [-0.25, -0.2) is 0 Å².